The number of hydrogen-bond acceptors (Lipinski definition) is 3. The Morgan fingerprint density at radius 1 is 1.24 bits per heavy atom. The van der Waals surface area contributed by atoms with Gasteiger partial charge in [0.05, 0.1) is 12.6 Å². The van der Waals surface area contributed by atoms with Gasteiger partial charge < -0.3 is 15.0 Å². The monoisotopic (exact) mass is 344 g/mol. The summed E-state index contributed by atoms with van der Waals surface area (Å²) in [6.07, 6.45) is 3.58. The van der Waals surface area contributed by atoms with Crippen LogP contribution in [0.5, 0.6) is 5.75 Å². The Labute approximate surface area is 145 Å². The van der Waals surface area contributed by atoms with E-state index in [1.54, 1.807) is 18.2 Å². The minimum atomic E-state index is -0.305. The molecule has 5 nitrogen and oxygen atoms in total. The zero-order valence-electron chi connectivity index (χ0n) is 13.9. The van der Waals surface area contributed by atoms with Gasteiger partial charge in [0.15, 0.2) is 0 Å². The highest BCUT2D eigenvalue weighted by molar-refractivity contribution is 5.76. The van der Waals surface area contributed by atoms with Gasteiger partial charge in [-0.3, -0.25) is 9.59 Å². The maximum atomic E-state index is 12.8. The molecule has 25 heavy (non-hydrogen) atoms. The molecule has 1 aliphatic carbocycles. The second-order valence-electron chi connectivity index (χ2n) is 6.17. The van der Waals surface area contributed by atoms with Gasteiger partial charge in [0.1, 0.15) is 11.6 Å². The summed E-state index contributed by atoms with van der Waals surface area (Å²) in [4.78, 5) is 26.4. The van der Waals surface area contributed by atoms with Crippen LogP contribution in [0.4, 0.5) is 4.39 Å². The Morgan fingerprint density at radius 2 is 2.04 bits per heavy atom. The Morgan fingerprint density at radius 3 is 2.84 bits per heavy atom. The topological polar surface area (TPSA) is 71.2 Å². The summed E-state index contributed by atoms with van der Waals surface area (Å²) in [5.74, 6) is 0.250. The number of rotatable bonds is 6. The quantitative estimate of drug-likeness (QED) is 0.792. The molecule has 0 saturated heterocycles. The smallest absolute Gasteiger partial charge is 0.248 e. The van der Waals surface area contributed by atoms with Crippen LogP contribution in [0.3, 0.4) is 0 Å². The number of carbonyl (C=O) groups is 1. The number of H-pyrrole nitrogens is 1. The van der Waals surface area contributed by atoms with Crippen molar-refractivity contribution in [1.29, 1.82) is 0 Å². The van der Waals surface area contributed by atoms with Gasteiger partial charge >= 0.3 is 0 Å². The van der Waals surface area contributed by atoms with E-state index in [4.69, 9.17) is 4.74 Å². The van der Waals surface area contributed by atoms with E-state index in [9.17, 15) is 14.0 Å². The minimum Gasteiger partial charge on any atom is -0.494 e. The van der Waals surface area contributed by atoms with Crippen LogP contribution in [0.2, 0.25) is 0 Å². The lowest BCUT2D eigenvalue weighted by Crippen LogP contribution is -2.32. The van der Waals surface area contributed by atoms with E-state index in [1.807, 2.05) is 0 Å². The highest BCUT2D eigenvalue weighted by atomic mass is 19.1. The molecule has 0 radical (unpaired) electrons. The van der Waals surface area contributed by atoms with Crippen molar-refractivity contribution in [3.63, 3.8) is 0 Å². The van der Waals surface area contributed by atoms with Crippen LogP contribution in [0.25, 0.3) is 0 Å². The van der Waals surface area contributed by atoms with Crippen LogP contribution < -0.4 is 15.6 Å². The van der Waals surface area contributed by atoms with Crippen LogP contribution in [0, 0.1) is 5.82 Å². The number of amides is 1. The number of nitrogens with one attached hydrogen (secondary N) is 2. The number of benzene rings is 1. The van der Waals surface area contributed by atoms with E-state index in [1.165, 1.54) is 18.2 Å². The molecular weight excluding hydrogens is 323 g/mol. The first-order valence-corrected chi connectivity index (χ1v) is 8.51. The molecule has 1 atom stereocenters. The highest BCUT2D eigenvalue weighted by Crippen LogP contribution is 2.27. The first-order chi connectivity index (χ1) is 12.1. The number of aromatic amines is 1. The molecule has 0 unspecified atom stereocenters. The highest BCUT2D eigenvalue weighted by Gasteiger charge is 2.22. The molecule has 1 amide bonds. The van der Waals surface area contributed by atoms with Gasteiger partial charge in [0, 0.05) is 18.2 Å². The third kappa shape index (κ3) is 4.68. The largest absolute Gasteiger partial charge is 0.494 e. The second kappa shape index (κ2) is 7.96. The van der Waals surface area contributed by atoms with Gasteiger partial charge in [-0.1, -0.05) is 0 Å². The Hall–Kier alpha value is -2.63. The summed E-state index contributed by atoms with van der Waals surface area (Å²) >= 11 is 0. The van der Waals surface area contributed by atoms with Gasteiger partial charge in [0.25, 0.3) is 0 Å². The van der Waals surface area contributed by atoms with Gasteiger partial charge in [0.2, 0.25) is 11.5 Å². The second-order valence-corrected chi connectivity index (χ2v) is 6.17. The third-order valence-corrected chi connectivity index (χ3v) is 4.30. The molecule has 0 saturated carbocycles. The molecule has 2 N–H and O–H groups in total. The molecule has 0 bridgehead atoms. The maximum Gasteiger partial charge on any atom is 0.248 e. The van der Waals surface area contributed by atoms with Crippen molar-refractivity contribution in [2.75, 3.05) is 6.61 Å². The molecule has 1 aromatic carbocycles. The van der Waals surface area contributed by atoms with Gasteiger partial charge in [-0.05, 0) is 61.6 Å². The minimum absolute atomic E-state index is 0.0354. The molecule has 1 aliphatic rings. The summed E-state index contributed by atoms with van der Waals surface area (Å²) in [5.41, 5.74) is 1.81. The van der Waals surface area contributed by atoms with Gasteiger partial charge in [-0.15, -0.1) is 0 Å². The number of carbonyl (C=O) groups excluding carboxylic acids is 1. The number of hydrogen-bond donors (Lipinski definition) is 2. The van der Waals surface area contributed by atoms with Gasteiger partial charge in [-0.2, -0.15) is 0 Å². The predicted octanol–water partition coefficient (Wildman–Crippen LogP) is 2.87. The number of fused-ring (bicyclic) bond motifs is 1. The van der Waals surface area contributed by atoms with E-state index < -0.39 is 0 Å². The van der Waals surface area contributed by atoms with E-state index >= 15 is 0 Å². The van der Waals surface area contributed by atoms with E-state index in [0.29, 0.717) is 25.2 Å². The molecule has 3 rings (SSSR count). The lowest BCUT2D eigenvalue weighted by Gasteiger charge is -2.25. The number of aromatic nitrogens is 1. The average Bonchev–Trinajstić information content (AvgIpc) is 2.60. The van der Waals surface area contributed by atoms with Crippen LogP contribution in [-0.4, -0.2) is 17.5 Å². The molecule has 1 aromatic heterocycles. The number of halogens is 1. The average molecular weight is 344 g/mol. The molecule has 6 heteroatoms. The fraction of sp³-hybridized carbons (Fsp3) is 0.368. The number of ether oxygens (including phenoxy) is 1. The van der Waals surface area contributed by atoms with E-state index in [0.717, 1.165) is 30.5 Å². The van der Waals surface area contributed by atoms with E-state index in [-0.39, 0.29) is 23.3 Å². The number of pyridine rings is 1. The van der Waals surface area contributed by atoms with Crippen molar-refractivity contribution in [3.8, 4) is 5.75 Å². The van der Waals surface area contributed by atoms with Crippen molar-refractivity contribution in [2.45, 2.75) is 38.1 Å². The molecular formula is C19H21FN2O3. The van der Waals surface area contributed by atoms with Crippen LogP contribution in [0.1, 0.15) is 43.0 Å². The number of aryl methyl sites for hydroxylation is 1. The summed E-state index contributed by atoms with van der Waals surface area (Å²) < 4.78 is 18.3. The SMILES string of the molecule is O=C(CCCOc1ccc(F)cc1)N[C@@H]1CCCc2[nH]c(=O)ccc21. The first-order valence-electron chi connectivity index (χ1n) is 8.51. The Kier molecular flexibility index (Phi) is 5.48. The Balaban J connectivity index is 1.45. The molecule has 0 aliphatic heterocycles. The summed E-state index contributed by atoms with van der Waals surface area (Å²) in [5, 5.41) is 3.03. The summed E-state index contributed by atoms with van der Waals surface area (Å²) in [6.45, 7) is 0.396. The van der Waals surface area contributed by atoms with Crippen molar-refractivity contribution in [1.82, 2.24) is 10.3 Å². The van der Waals surface area contributed by atoms with Crippen LogP contribution in [-0.2, 0) is 11.2 Å². The predicted molar refractivity (Wildman–Crippen MR) is 92.0 cm³/mol. The van der Waals surface area contributed by atoms with Gasteiger partial charge in [-0.25, -0.2) is 4.39 Å². The summed E-state index contributed by atoms with van der Waals surface area (Å²) in [7, 11) is 0. The van der Waals surface area contributed by atoms with Crippen LogP contribution in [0.15, 0.2) is 41.2 Å². The molecule has 0 spiro atoms. The zero-order chi connectivity index (χ0) is 17.6. The standard InChI is InChI=1S/C19H21FN2O3/c20-13-6-8-14(9-7-13)25-12-2-5-18(23)21-16-3-1-4-17-15(16)10-11-19(24)22-17/h6-11,16H,1-5,12H2,(H,21,23)(H,22,24)/t16-/m1/s1. The fourth-order valence-corrected chi connectivity index (χ4v) is 3.07. The van der Waals surface area contributed by atoms with Crippen molar-refractivity contribution in [3.05, 3.63) is 63.8 Å². The summed E-state index contributed by atoms with van der Waals surface area (Å²) in [6, 6.07) is 9.06. The lowest BCUT2D eigenvalue weighted by atomic mass is 9.91. The molecule has 1 heterocycles. The first kappa shape index (κ1) is 17.2. The fourth-order valence-electron chi connectivity index (χ4n) is 3.07. The van der Waals surface area contributed by atoms with E-state index in [2.05, 4.69) is 10.3 Å². The third-order valence-electron chi connectivity index (χ3n) is 4.30. The zero-order valence-corrected chi connectivity index (χ0v) is 13.9. The lowest BCUT2D eigenvalue weighted by molar-refractivity contribution is -0.122. The normalized spacial score (nSPS) is 16.1. The van der Waals surface area contributed by atoms with Crippen molar-refractivity contribution >= 4 is 5.91 Å². The van der Waals surface area contributed by atoms with Crippen molar-refractivity contribution in [2.24, 2.45) is 0 Å². The molecule has 132 valence electrons. The Bertz CT molecular complexity index is 786. The molecule has 2 aromatic rings. The molecule has 0 fully saturated rings. The van der Waals surface area contributed by atoms with Crippen molar-refractivity contribution < 1.29 is 13.9 Å². The van der Waals surface area contributed by atoms with Crippen LogP contribution >= 0.6 is 0 Å². The maximum absolute atomic E-state index is 12.8.